The normalized spacial score (nSPS) is 52.2. The van der Waals surface area contributed by atoms with Crippen molar-refractivity contribution in [3.05, 3.63) is 11.1 Å². The Bertz CT molecular complexity index is 2030. The average Bonchev–Trinajstić information content (AvgIpc) is 3.98. The van der Waals surface area contributed by atoms with Crippen LogP contribution in [0.3, 0.4) is 0 Å². The lowest BCUT2D eigenvalue weighted by Gasteiger charge is -2.64. The molecule has 0 amide bonds. The van der Waals surface area contributed by atoms with Gasteiger partial charge in [-0.2, -0.15) is 0 Å². The third-order valence-electron chi connectivity index (χ3n) is 20.3. The number of aliphatic hydroxyl groups excluding tert-OH is 12. The van der Waals surface area contributed by atoms with Crippen molar-refractivity contribution in [1.29, 1.82) is 0 Å². The zero-order valence-corrected chi connectivity index (χ0v) is 43.0. The number of allylic oxidation sites excluding steroid dienone is 2. The summed E-state index contributed by atoms with van der Waals surface area (Å²) >= 11 is 0. The Labute approximate surface area is 430 Å². The second kappa shape index (κ2) is 21.2. The van der Waals surface area contributed by atoms with Crippen LogP contribution < -0.4 is 0 Å². The summed E-state index contributed by atoms with van der Waals surface area (Å²) in [5, 5.41) is 141. The minimum atomic E-state index is -2.15. The van der Waals surface area contributed by atoms with Crippen molar-refractivity contribution < 1.29 is 114 Å². The molecular formula is C51H82O23. The van der Waals surface area contributed by atoms with Gasteiger partial charge in [-0.1, -0.05) is 45.8 Å². The third-order valence-corrected chi connectivity index (χ3v) is 20.3. The highest BCUT2D eigenvalue weighted by Crippen LogP contribution is 2.75. The molecule has 424 valence electrons. The highest BCUT2D eigenvalue weighted by atomic mass is 16.8. The van der Waals surface area contributed by atoms with Crippen LogP contribution in [-0.2, 0) is 47.4 Å². The highest BCUT2D eigenvalue weighted by molar-refractivity contribution is 5.83. The van der Waals surface area contributed by atoms with Crippen molar-refractivity contribution in [3.8, 4) is 0 Å². The molecule has 23 nitrogen and oxygen atoms in total. The molecule has 9 aliphatic rings. The molecule has 0 unspecified atom stereocenters. The monoisotopic (exact) mass is 1060 g/mol. The van der Waals surface area contributed by atoms with Crippen LogP contribution in [0.25, 0.3) is 0 Å². The summed E-state index contributed by atoms with van der Waals surface area (Å²) in [5.74, 6) is 0.0850. The highest BCUT2D eigenvalue weighted by Gasteiger charge is 2.72. The van der Waals surface area contributed by atoms with Crippen molar-refractivity contribution in [2.24, 2.45) is 33.5 Å². The molecule has 7 fully saturated rings. The van der Waals surface area contributed by atoms with E-state index in [9.17, 15) is 71.2 Å². The molecule has 5 aliphatic heterocycles. The zero-order chi connectivity index (χ0) is 53.7. The van der Waals surface area contributed by atoms with Gasteiger partial charge in [0.05, 0.1) is 58.0 Å². The van der Waals surface area contributed by atoms with Gasteiger partial charge in [0, 0.05) is 17.3 Å². The molecule has 0 aromatic heterocycles. The lowest BCUT2D eigenvalue weighted by molar-refractivity contribution is -0.378. The van der Waals surface area contributed by atoms with Gasteiger partial charge in [0.25, 0.3) is 0 Å². The molecule has 0 bridgehead atoms. The maximum absolute atomic E-state index is 13.0. The summed E-state index contributed by atoms with van der Waals surface area (Å²) in [6.07, 6.45) is -22.1. The van der Waals surface area contributed by atoms with Crippen LogP contribution in [0.2, 0.25) is 0 Å². The smallest absolute Gasteiger partial charge is 0.187 e. The van der Waals surface area contributed by atoms with E-state index in [4.69, 9.17) is 42.6 Å². The number of hydrogen-bond acceptors (Lipinski definition) is 23. The molecule has 1 spiro atoms. The fourth-order valence-corrected chi connectivity index (χ4v) is 15.5. The van der Waals surface area contributed by atoms with Crippen molar-refractivity contribution in [2.45, 2.75) is 221 Å². The summed E-state index contributed by atoms with van der Waals surface area (Å²) < 4.78 is 54.1. The van der Waals surface area contributed by atoms with Crippen LogP contribution >= 0.6 is 0 Å². The van der Waals surface area contributed by atoms with E-state index in [0.717, 1.165) is 38.5 Å². The lowest BCUT2D eigenvalue weighted by Crippen LogP contribution is -2.65. The van der Waals surface area contributed by atoms with E-state index < -0.39 is 179 Å². The van der Waals surface area contributed by atoms with Crippen LogP contribution in [0.15, 0.2) is 11.1 Å². The molecule has 74 heavy (non-hydrogen) atoms. The van der Waals surface area contributed by atoms with Gasteiger partial charge in [-0.15, -0.1) is 0 Å². The van der Waals surface area contributed by atoms with Gasteiger partial charge >= 0.3 is 0 Å². The van der Waals surface area contributed by atoms with Gasteiger partial charge in [-0.25, -0.2) is 0 Å². The third kappa shape index (κ3) is 8.83. The van der Waals surface area contributed by atoms with Crippen molar-refractivity contribution in [3.63, 3.8) is 0 Å². The number of hydrogen-bond donors (Lipinski definition) is 13. The van der Waals surface area contributed by atoms with E-state index >= 15 is 0 Å². The van der Waals surface area contributed by atoms with E-state index in [1.165, 1.54) is 11.1 Å². The summed E-state index contributed by atoms with van der Waals surface area (Å²) in [7, 11) is 0. The van der Waals surface area contributed by atoms with Crippen LogP contribution in [-0.4, -0.2) is 240 Å². The molecule has 25 atom stereocenters. The Morgan fingerprint density at radius 3 is 2.03 bits per heavy atom. The largest absolute Gasteiger partial charge is 0.396 e. The number of carbonyl (C=O) groups excluding carboxylic acids is 1. The molecular weight excluding hydrogens is 981 g/mol. The molecule has 0 radical (unpaired) electrons. The van der Waals surface area contributed by atoms with Gasteiger partial charge in [0.2, 0.25) is 0 Å². The van der Waals surface area contributed by atoms with Gasteiger partial charge in [0.1, 0.15) is 85.0 Å². The van der Waals surface area contributed by atoms with E-state index in [1.54, 1.807) is 0 Å². The molecule has 9 rings (SSSR count). The number of ether oxygens (including phenoxy) is 9. The Morgan fingerprint density at radius 2 is 1.36 bits per heavy atom. The molecule has 5 heterocycles. The van der Waals surface area contributed by atoms with Crippen molar-refractivity contribution >= 4 is 5.78 Å². The summed E-state index contributed by atoms with van der Waals surface area (Å²) in [6.45, 7) is 6.67. The topological polar surface area (TPSA) is 363 Å². The average molecular weight is 1060 g/mol. The first-order valence-electron chi connectivity index (χ1n) is 26.6. The van der Waals surface area contributed by atoms with E-state index in [2.05, 4.69) is 27.7 Å². The number of Topliss-reactive ketones (excluding diaryl/α,β-unsaturated/α-hetero) is 1. The lowest BCUT2D eigenvalue weighted by atomic mass is 9.42. The number of ketones is 1. The Morgan fingerprint density at radius 1 is 0.689 bits per heavy atom. The first-order chi connectivity index (χ1) is 35.0. The first-order valence-corrected chi connectivity index (χ1v) is 26.6. The summed E-state index contributed by atoms with van der Waals surface area (Å²) in [6, 6.07) is 0. The fraction of sp³-hybridized carbons (Fsp3) is 0.941. The predicted molar refractivity (Wildman–Crippen MR) is 250 cm³/mol. The minimum absolute atomic E-state index is 0.146. The maximum atomic E-state index is 13.0. The van der Waals surface area contributed by atoms with Gasteiger partial charge in [-0.3, -0.25) is 4.79 Å². The van der Waals surface area contributed by atoms with Gasteiger partial charge in [0.15, 0.2) is 30.9 Å². The number of fused-ring (bicyclic) bond motifs is 5. The number of rotatable bonds is 15. The maximum Gasteiger partial charge on any atom is 0.187 e. The molecule has 5 saturated heterocycles. The van der Waals surface area contributed by atoms with E-state index in [1.807, 2.05) is 6.92 Å². The first kappa shape index (κ1) is 57.2. The van der Waals surface area contributed by atoms with Crippen LogP contribution in [0.4, 0.5) is 0 Å². The Kier molecular flexibility index (Phi) is 16.4. The molecule has 0 aromatic rings. The molecule has 4 aliphatic carbocycles. The van der Waals surface area contributed by atoms with Crippen LogP contribution in [0, 0.1) is 33.5 Å². The van der Waals surface area contributed by atoms with Crippen molar-refractivity contribution in [1.82, 2.24) is 0 Å². The second-order valence-electron chi connectivity index (χ2n) is 23.7. The minimum Gasteiger partial charge on any atom is -0.396 e. The van der Waals surface area contributed by atoms with E-state index in [-0.39, 0.29) is 28.4 Å². The Hall–Kier alpha value is -1.47. The number of aliphatic hydroxyl groups is 13. The summed E-state index contributed by atoms with van der Waals surface area (Å²) in [5.41, 5.74) is -1.93. The quantitative estimate of drug-likeness (QED) is 0.0734. The molecule has 13 N–H and O–H groups in total. The SMILES string of the molecule is CCC(=O)[C@H]1C[C@H](C)[C@]2(CC[C@@]3(C)C4=C(CC[C@@]32C)[C@@]2(C)CC[C@H](O[C@H]3O[C@H](CO[C@@H]5OC[C@H](O)[C@H](O)[C@@H]5O[C@@H]5O[C@@H](CO)[C@H](O)[C@H](O)[C@@H]5O[C@H]5OC[C@](O)(CO)[C@H]5O)[C@@H](O)[C@@H](O)[C@@H]3O)C(CO)(CO)[C@@H]2CC4)O1. The Balaban J connectivity index is 0.902. The van der Waals surface area contributed by atoms with Gasteiger partial charge < -0.3 is 109 Å². The van der Waals surface area contributed by atoms with Crippen molar-refractivity contribution in [2.75, 3.05) is 46.2 Å². The van der Waals surface area contributed by atoms with Crippen LogP contribution in [0.5, 0.6) is 0 Å². The standard InChI is InChI=1S/C51H82O23/c1-6-26(56)28-15-23(2)51(74-28)14-13-47(4)25-7-8-31-46(3,24(25)9-12-48(47,51)5)11-10-32(49(31,19-53)20-54)71-42-38(63)36(61)35(60)30(70-42)18-67-43-39(33(58)27(57)17-66-43)72-44-40(37(62)34(59)29(16-52)69-44)73-45-41(64)50(65,21-55)22-68-45/h23,27-45,52-55,57-65H,6-22H2,1-5H3/t23-,27-,28+,29-,30+,31+,32-,33-,34-,35+,36+,37-,38-,39-,40-,41-,42+,43-,44-,45+,46+,47-,48-,50+,51-/m0/s1. The zero-order valence-electron chi connectivity index (χ0n) is 43.0. The van der Waals surface area contributed by atoms with E-state index in [0.29, 0.717) is 25.7 Å². The second-order valence-corrected chi connectivity index (χ2v) is 23.7. The fourth-order valence-electron chi connectivity index (χ4n) is 15.5. The number of carbonyl (C=O) groups is 1. The predicted octanol–water partition coefficient (Wildman–Crippen LogP) is -2.86. The molecule has 2 saturated carbocycles. The molecule has 0 aromatic carbocycles. The van der Waals surface area contributed by atoms with Gasteiger partial charge in [-0.05, 0) is 80.5 Å². The molecule has 23 heteroatoms. The summed E-state index contributed by atoms with van der Waals surface area (Å²) in [4.78, 5) is 13.0. The van der Waals surface area contributed by atoms with Crippen LogP contribution in [0.1, 0.15) is 98.8 Å².